The molecule has 3 aromatic heterocycles. The maximum Gasteiger partial charge on any atom is 0.262 e. The summed E-state index contributed by atoms with van der Waals surface area (Å²) in [5.41, 5.74) is 0.231. The van der Waals surface area contributed by atoms with Gasteiger partial charge < -0.3 is 4.52 Å². The number of benzene rings is 1. The van der Waals surface area contributed by atoms with Gasteiger partial charge in [0.15, 0.2) is 5.16 Å². The summed E-state index contributed by atoms with van der Waals surface area (Å²) in [6.45, 7) is 2.48. The standard InChI is InChI=1S/C18H15FN4O2S2/c1-2-7-23-17(24)12-9-11(19)5-6-13(12)20-18(23)27-10-15-21-16(22-25-15)14-4-3-8-26-14/h3-6,8-9H,2,7,10H2,1H3. The molecular formula is C18H15FN4O2S2. The first kappa shape index (κ1) is 17.9. The minimum atomic E-state index is -0.447. The van der Waals surface area contributed by atoms with Crippen molar-refractivity contribution in [2.24, 2.45) is 0 Å². The monoisotopic (exact) mass is 402 g/mol. The molecule has 1 aromatic carbocycles. The first-order valence-electron chi connectivity index (χ1n) is 8.35. The molecule has 3 heterocycles. The summed E-state index contributed by atoms with van der Waals surface area (Å²) in [5, 5.41) is 6.77. The SMILES string of the molecule is CCCn1c(SCc2nc(-c3cccs3)no2)nc2ccc(F)cc2c1=O. The number of rotatable bonds is 6. The molecule has 27 heavy (non-hydrogen) atoms. The molecule has 138 valence electrons. The van der Waals surface area contributed by atoms with Gasteiger partial charge in [0.25, 0.3) is 5.56 Å². The molecule has 0 fully saturated rings. The highest BCUT2D eigenvalue weighted by Crippen LogP contribution is 2.25. The van der Waals surface area contributed by atoms with E-state index < -0.39 is 5.82 Å². The number of hydrogen-bond donors (Lipinski definition) is 0. The average Bonchev–Trinajstić information content (AvgIpc) is 3.34. The molecule has 0 aliphatic heterocycles. The van der Waals surface area contributed by atoms with E-state index in [1.165, 1.54) is 41.3 Å². The number of nitrogens with zero attached hydrogens (tertiary/aromatic N) is 4. The van der Waals surface area contributed by atoms with E-state index in [1.54, 1.807) is 4.57 Å². The molecule has 0 bridgehead atoms. The topological polar surface area (TPSA) is 73.8 Å². The lowest BCUT2D eigenvalue weighted by atomic mass is 10.2. The third-order valence-electron chi connectivity index (χ3n) is 3.86. The Balaban J connectivity index is 1.64. The van der Waals surface area contributed by atoms with Crippen LogP contribution in [0.15, 0.2) is 50.2 Å². The van der Waals surface area contributed by atoms with E-state index in [2.05, 4.69) is 15.1 Å². The van der Waals surface area contributed by atoms with Gasteiger partial charge in [-0.25, -0.2) is 9.37 Å². The molecule has 6 nitrogen and oxygen atoms in total. The van der Waals surface area contributed by atoms with E-state index in [-0.39, 0.29) is 10.9 Å². The Labute approximate surface area is 162 Å². The highest BCUT2D eigenvalue weighted by molar-refractivity contribution is 7.98. The maximum atomic E-state index is 13.5. The van der Waals surface area contributed by atoms with Crippen molar-refractivity contribution in [3.05, 3.63) is 57.8 Å². The second-order valence-electron chi connectivity index (χ2n) is 5.79. The van der Waals surface area contributed by atoms with Gasteiger partial charge in [-0.15, -0.1) is 11.3 Å². The maximum absolute atomic E-state index is 13.5. The Bertz CT molecular complexity index is 1140. The molecule has 0 atom stereocenters. The molecule has 0 aliphatic rings. The molecular weight excluding hydrogens is 387 g/mol. The van der Waals surface area contributed by atoms with E-state index in [9.17, 15) is 9.18 Å². The summed E-state index contributed by atoms with van der Waals surface area (Å²) in [7, 11) is 0. The number of fused-ring (bicyclic) bond motifs is 1. The van der Waals surface area contributed by atoms with Crippen molar-refractivity contribution in [1.82, 2.24) is 19.7 Å². The Morgan fingerprint density at radius 2 is 2.19 bits per heavy atom. The molecule has 9 heteroatoms. The molecule has 0 spiro atoms. The predicted molar refractivity (Wildman–Crippen MR) is 103 cm³/mol. The Kier molecular flexibility index (Phi) is 5.04. The van der Waals surface area contributed by atoms with Crippen molar-refractivity contribution in [1.29, 1.82) is 0 Å². The van der Waals surface area contributed by atoms with Gasteiger partial charge in [-0.1, -0.05) is 29.9 Å². The largest absolute Gasteiger partial charge is 0.338 e. The van der Waals surface area contributed by atoms with Crippen LogP contribution in [0.2, 0.25) is 0 Å². The number of hydrogen-bond acceptors (Lipinski definition) is 7. The van der Waals surface area contributed by atoms with E-state index in [4.69, 9.17) is 4.52 Å². The molecule has 0 amide bonds. The minimum Gasteiger partial charge on any atom is -0.338 e. The quantitative estimate of drug-likeness (QED) is 0.353. The van der Waals surface area contributed by atoms with E-state index in [1.807, 2.05) is 24.4 Å². The predicted octanol–water partition coefficient (Wildman–Crippen LogP) is 4.35. The van der Waals surface area contributed by atoms with Crippen LogP contribution >= 0.6 is 23.1 Å². The summed E-state index contributed by atoms with van der Waals surface area (Å²) < 4.78 is 20.4. The van der Waals surface area contributed by atoms with Gasteiger partial charge in [0, 0.05) is 6.54 Å². The van der Waals surface area contributed by atoms with Crippen LogP contribution in [-0.4, -0.2) is 19.7 Å². The first-order chi connectivity index (χ1) is 13.2. The van der Waals surface area contributed by atoms with Crippen molar-refractivity contribution in [2.45, 2.75) is 30.8 Å². The van der Waals surface area contributed by atoms with Crippen LogP contribution in [0, 0.1) is 5.82 Å². The molecule has 0 aliphatic carbocycles. The van der Waals surface area contributed by atoms with Gasteiger partial charge in [0.2, 0.25) is 11.7 Å². The number of thioether (sulfide) groups is 1. The van der Waals surface area contributed by atoms with Gasteiger partial charge in [-0.3, -0.25) is 9.36 Å². The van der Waals surface area contributed by atoms with Crippen LogP contribution in [0.3, 0.4) is 0 Å². The third-order valence-corrected chi connectivity index (χ3v) is 5.69. The Hall–Kier alpha value is -2.52. The zero-order chi connectivity index (χ0) is 18.8. The molecule has 0 unspecified atom stereocenters. The molecule has 4 rings (SSSR count). The fourth-order valence-corrected chi connectivity index (χ4v) is 4.16. The number of thiophene rings is 1. The van der Waals surface area contributed by atoms with Crippen LogP contribution in [0.1, 0.15) is 19.2 Å². The normalized spacial score (nSPS) is 11.3. The summed E-state index contributed by atoms with van der Waals surface area (Å²) >= 11 is 2.89. The fraction of sp³-hybridized carbons (Fsp3) is 0.222. The second-order valence-corrected chi connectivity index (χ2v) is 7.68. The van der Waals surface area contributed by atoms with Crippen LogP contribution in [0.25, 0.3) is 21.6 Å². The van der Waals surface area contributed by atoms with Crippen molar-refractivity contribution in [2.75, 3.05) is 0 Å². The van der Waals surface area contributed by atoms with Crippen LogP contribution in [0.4, 0.5) is 4.39 Å². The average molecular weight is 402 g/mol. The van der Waals surface area contributed by atoms with Gasteiger partial charge in [0.05, 0.1) is 21.5 Å². The van der Waals surface area contributed by atoms with Crippen LogP contribution < -0.4 is 5.56 Å². The van der Waals surface area contributed by atoms with Gasteiger partial charge in [-0.2, -0.15) is 4.98 Å². The Morgan fingerprint density at radius 3 is 2.96 bits per heavy atom. The smallest absolute Gasteiger partial charge is 0.262 e. The van der Waals surface area contributed by atoms with Gasteiger partial charge in [-0.05, 0) is 36.1 Å². The number of aromatic nitrogens is 4. The minimum absolute atomic E-state index is 0.242. The van der Waals surface area contributed by atoms with Gasteiger partial charge >= 0.3 is 0 Å². The lowest BCUT2D eigenvalue weighted by molar-refractivity contribution is 0.391. The second kappa shape index (κ2) is 7.61. The number of halogens is 1. The van der Waals surface area contributed by atoms with E-state index in [0.717, 1.165) is 11.3 Å². The van der Waals surface area contributed by atoms with Crippen molar-refractivity contribution in [3.8, 4) is 10.7 Å². The first-order valence-corrected chi connectivity index (χ1v) is 10.2. The highest BCUT2D eigenvalue weighted by Gasteiger charge is 2.15. The summed E-state index contributed by atoms with van der Waals surface area (Å²) in [6, 6.07) is 7.91. The summed E-state index contributed by atoms with van der Waals surface area (Å²) in [6.07, 6.45) is 0.763. The summed E-state index contributed by atoms with van der Waals surface area (Å²) in [5.74, 6) is 0.950. The van der Waals surface area contributed by atoms with E-state index in [0.29, 0.717) is 34.7 Å². The Morgan fingerprint density at radius 1 is 1.30 bits per heavy atom. The highest BCUT2D eigenvalue weighted by atomic mass is 32.2. The van der Waals surface area contributed by atoms with Crippen LogP contribution in [-0.2, 0) is 12.3 Å². The fourth-order valence-electron chi connectivity index (χ4n) is 2.65. The molecule has 0 saturated carbocycles. The zero-order valence-electron chi connectivity index (χ0n) is 14.4. The summed E-state index contributed by atoms with van der Waals surface area (Å²) in [4.78, 5) is 22.6. The van der Waals surface area contributed by atoms with Gasteiger partial charge in [0.1, 0.15) is 5.82 Å². The third kappa shape index (κ3) is 3.65. The molecule has 0 saturated heterocycles. The lowest BCUT2D eigenvalue weighted by Crippen LogP contribution is -2.23. The molecule has 4 aromatic rings. The molecule has 0 N–H and O–H groups in total. The van der Waals surface area contributed by atoms with Crippen molar-refractivity contribution in [3.63, 3.8) is 0 Å². The van der Waals surface area contributed by atoms with Crippen molar-refractivity contribution < 1.29 is 8.91 Å². The lowest BCUT2D eigenvalue weighted by Gasteiger charge is -2.11. The zero-order valence-corrected chi connectivity index (χ0v) is 16.0. The molecule has 0 radical (unpaired) electrons. The van der Waals surface area contributed by atoms with Crippen molar-refractivity contribution >= 4 is 34.0 Å². The van der Waals surface area contributed by atoms with Crippen LogP contribution in [0.5, 0.6) is 0 Å². The van der Waals surface area contributed by atoms with E-state index >= 15 is 0 Å².